The number of hydrogen-bond donors (Lipinski definition) is 1. The highest BCUT2D eigenvalue weighted by Gasteiger charge is 2.42. The number of oxime groups is 1. The van der Waals surface area contributed by atoms with E-state index in [1.54, 1.807) is 24.3 Å². The zero-order valence-electron chi connectivity index (χ0n) is 10.4. The van der Waals surface area contributed by atoms with Crippen molar-refractivity contribution in [2.24, 2.45) is 16.8 Å². The van der Waals surface area contributed by atoms with Crippen molar-refractivity contribution in [3.05, 3.63) is 35.4 Å². The van der Waals surface area contributed by atoms with E-state index in [4.69, 9.17) is 5.73 Å². The van der Waals surface area contributed by atoms with E-state index >= 15 is 0 Å². The molecule has 0 aliphatic carbocycles. The fourth-order valence-corrected chi connectivity index (χ4v) is 1.08. The molecule has 0 fully saturated rings. The highest BCUT2D eigenvalue weighted by atomic mass is 19.4. The van der Waals surface area contributed by atoms with Gasteiger partial charge in [0.25, 0.3) is 0 Å². The monoisotopic (exact) mass is 274 g/mol. The molecule has 1 aromatic carbocycles. The number of rotatable bonds is 3. The summed E-state index contributed by atoms with van der Waals surface area (Å²) < 4.78 is 36.6. The summed E-state index contributed by atoms with van der Waals surface area (Å²) in [6.07, 6.45) is -4.66. The van der Waals surface area contributed by atoms with Gasteiger partial charge in [-0.1, -0.05) is 35.0 Å². The van der Waals surface area contributed by atoms with Crippen LogP contribution in [0.15, 0.2) is 29.4 Å². The van der Waals surface area contributed by atoms with Gasteiger partial charge in [0.1, 0.15) is 0 Å². The molecule has 1 unspecified atom stereocenters. The van der Waals surface area contributed by atoms with Gasteiger partial charge in [-0.2, -0.15) is 13.2 Å². The second-order valence-electron chi connectivity index (χ2n) is 4.02. The number of hydrogen-bond acceptors (Lipinski definition) is 3. The van der Waals surface area contributed by atoms with Crippen LogP contribution in [-0.2, 0) is 9.63 Å². The van der Waals surface area contributed by atoms with Crippen LogP contribution >= 0.6 is 0 Å². The Morgan fingerprint density at radius 2 is 1.84 bits per heavy atom. The Kier molecular flexibility index (Phi) is 4.52. The van der Waals surface area contributed by atoms with Crippen molar-refractivity contribution in [3.63, 3.8) is 0 Å². The molecule has 1 atom stereocenters. The van der Waals surface area contributed by atoms with E-state index in [2.05, 4.69) is 9.99 Å². The molecule has 0 aliphatic rings. The maximum atomic E-state index is 12.2. The normalized spacial score (nSPS) is 14.1. The largest absolute Gasteiger partial charge is 0.402 e. The Hall–Kier alpha value is -2.05. The van der Waals surface area contributed by atoms with Gasteiger partial charge in [-0.25, -0.2) is 4.79 Å². The average molecular weight is 274 g/mol. The molecule has 19 heavy (non-hydrogen) atoms. The van der Waals surface area contributed by atoms with Crippen LogP contribution in [-0.4, -0.2) is 18.0 Å². The molecular weight excluding hydrogens is 261 g/mol. The standard InChI is InChI=1S/C12H13F3N2O2/c1-7-3-5-9(6-4-7)10(16)17-19-11(18)8(2)12(13,14)15/h3-6,8H,1-2H3,(H2,16,17). The van der Waals surface area contributed by atoms with Crippen molar-refractivity contribution in [1.82, 2.24) is 0 Å². The Labute approximate surface area is 108 Å². The second kappa shape index (κ2) is 5.73. The van der Waals surface area contributed by atoms with Gasteiger partial charge in [0.2, 0.25) is 0 Å². The van der Waals surface area contributed by atoms with Gasteiger partial charge in [-0.15, -0.1) is 0 Å². The molecule has 1 aromatic rings. The molecule has 104 valence electrons. The summed E-state index contributed by atoms with van der Waals surface area (Å²) in [6, 6.07) is 6.74. The van der Waals surface area contributed by atoms with Crippen LogP contribution in [0.5, 0.6) is 0 Å². The Morgan fingerprint density at radius 3 is 2.32 bits per heavy atom. The summed E-state index contributed by atoms with van der Waals surface area (Å²) in [5, 5.41) is 3.20. The Balaban J connectivity index is 2.71. The van der Waals surface area contributed by atoms with E-state index in [1.807, 2.05) is 6.92 Å². The molecule has 0 aliphatic heterocycles. The topological polar surface area (TPSA) is 64.7 Å². The highest BCUT2D eigenvalue weighted by molar-refractivity contribution is 5.97. The number of halogens is 3. The number of alkyl halides is 3. The Bertz CT molecular complexity index is 481. The minimum absolute atomic E-state index is 0.164. The van der Waals surface area contributed by atoms with E-state index in [-0.39, 0.29) is 5.84 Å². The van der Waals surface area contributed by atoms with Gasteiger partial charge in [-0.3, -0.25) is 0 Å². The highest BCUT2D eigenvalue weighted by Crippen LogP contribution is 2.26. The number of benzene rings is 1. The molecule has 7 heteroatoms. The van der Waals surface area contributed by atoms with Crippen molar-refractivity contribution in [2.45, 2.75) is 20.0 Å². The van der Waals surface area contributed by atoms with Crippen LogP contribution in [0, 0.1) is 12.8 Å². The fourth-order valence-electron chi connectivity index (χ4n) is 1.08. The number of carbonyl (C=O) groups is 1. The van der Waals surface area contributed by atoms with Gasteiger partial charge in [-0.05, 0) is 13.8 Å². The van der Waals surface area contributed by atoms with Crippen LogP contribution in [0.25, 0.3) is 0 Å². The first kappa shape index (κ1) is 15.0. The third-order valence-electron chi connectivity index (χ3n) is 2.43. The number of carbonyl (C=O) groups excluding carboxylic acids is 1. The van der Waals surface area contributed by atoms with Crippen molar-refractivity contribution >= 4 is 11.8 Å². The lowest BCUT2D eigenvalue weighted by atomic mass is 10.1. The van der Waals surface area contributed by atoms with E-state index in [0.717, 1.165) is 5.56 Å². The zero-order valence-corrected chi connectivity index (χ0v) is 10.4. The lowest BCUT2D eigenvalue weighted by Gasteiger charge is -2.11. The molecule has 0 saturated carbocycles. The number of amidine groups is 1. The van der Waals surface area contributed by atoms with Crippen molar-refractivity contribution in [3.8, 4) is 0 Å². The molecule has 4 nitrogen and oxygen atoms in total. The quantitative estimate of drug-likeness (QED) is 0.398. The fraction of sp³-hybridized carbons (Fsp3) is 0.333. The van der Waals surface area contributed by atoms with Crippen LogP contribution < -0.4 is 5.73 Å². The molecule has 0 heterocycles. The van der Waals surface area contributed by atoms with Gasteiger partial charge >= 0.3 is 12.1 Å². The van der Waals surface area contributed by atoms with Crippen molar-refractivity contribution < 1.29 is 22.8 Å². The second-order valence-corrected chi connectivity index (χ2v) is 4.02. The molecule has 0 radical (unpaired) electrons. The van der Waals surface area contributed by atoms with Gasteiger partial charge in [0, 0.05) is 5.56 Å². The average Bonchev–Trinajstić information content (AvgIpc) is 2.34. The number of nitrogens with zero attached hydrogens (tertiary/aromatic N) is 1. The third kappa shape index (κ3) is 4.27. The van der Waals surface area contributed by atoms with E-state index in [1.165, 1.54) is 0 Å². The van der Waals surface area contributed by atoms with Crippen molar-refractivity contribution in [2.75, 3.05) is 0 Å². The molecule has 0 bridgehead atoms. The first-order valence-electron chi connectivity index (χ1n) is 5.40. The van der Waals surface area contributed by atoms with Crippen LogP contribution in [0.4, 0.5) is 13.2 Å². The zero-order chi connectivity index (χ0) is 14.6. The van der Waals surface area contributed by atoms with Crippen LogP contribution in [0.3, 0.4) is 0 Å². The summed E-state index contributed by atoms with van der Waals surface area (Å²) >= 11 is 0. The van der Waals surface area contributed by atoms with Gasteiger partial charge in [0.05, 0.1) is 0 Å². The number of nitrogens with two attached hydrogens (primary N) is 1. The minimum atomic E-state index is -4.66. The van der Waals surface area contributed by atoms with Gasteiger partial charge < -0.3 is 10.6 Å². The van der Waals surface area contributed by atoms with Crippen LogP contribution in [0.2, 0.25) is 0 Å². The number of aryl methyl sites for hydroxylation is 1. The molecule has 0 spiro atoms. The summed E-state index contributed by atoms with van der Waals surface area (Å²) in [6.45, 7) is 2.56. The molecular formula is C12H13F3N2O2. The van der Waals surface area contributed by atoms with E-state index < -0.39 is 18.1 Å². The lowest BCUT2D eigenvalue weighted by molar-refractivity contribution is -0.194. The molecule has 1 rings (SSSR count). The Morgan fingerprint density at radius 1 is 1.32 bits per heavy atom. The third-order valence-corrected chi connectivity index (χ3v) is 2.43. The minimum Gasteiger partial charge on any atom is -0.380 e. The maximum absolute atomic E-state index is 12.2. The molecule has 0 aromatic heterocycles. The molecule has 0 saturated heterocycles. The SMILES string of the molecule is Cc1ccc(/C(N)=N/OC(=O)C(C)C(F)(F)F)cc1. The maximum Gasteiger partial charge on any atom is 0.402 e. The predicted octanol–water partition coefficient (Wildman–Crippen LogP) is 2.36. The van der Waals surface area contributed by atoms with Crippen LogP contribution in [0.1, 0.15) is 18.1 Å². The van der Waals surface area contributed by atoms with Crippen molar-refractivity contribution in [1.29, 1.82) is 0 Å². The summed E-state index contributed by atoms with van der Waals surface area (Å²) in [7, 11) is 0. The molecule has 0 amide bonds. The first-order valence-corrected chi connectivity index (χ1v) is 5.40. The lowest BCUT2D eigenvalue weighted by Crippen LogP contribution is -2.29. The van der Waals surface area contributed by atoms with E-state index in [9.17, 15) is 18.0 Å². The van der Waals surface area contributed by atoms with Gasteiger partial charge in [0.15, 0.2) is 11.8 Å². The first-order chi connectivity index (χ1) is 8.71. The van der Waals surface area contributed by atoms with E-state index in [0.29, 0.717) is 12.5 Å². The summed E-state index contributed by atoms with van der Waals surface area (Å²) in [5.74, 6) is -3.91. The smallest absolute Gasteiger partial charge is 0.380 e. The molecule has 2 N–H and O–H groups in total. The predicted molar refractivity (Wildman–Crippen MR) is 63.2 cm³/mol. The summed E-state index contributed by atoms with van der Waals surface area (Å²) in [5.41, 5.74) is 6.94. The summed E-state index contributed by atoms with van der Waals surface area (Å²) in [4.78, 5) is 15.3.